The van der Waals surface area contributed by atoms with Gasteiger partial charge in [-0.3, -0.25) is 4.79 Å². The van der Waals surface area contributed by atoms with Crippen molar-refractivity contribution in [3.8, 4) is 5.75 Å². The van der Waals surface area contributed by atoms with Crippen molar-refractivity contribution in [1.29, 1.82) is 0 Å². The molecule has 110 valence electrons. The van der Waals surface area contributed by atoms with E-state index < -0.39 is 11.7 Å². The molecule has 0 atom stereocenters. The first-order chi connectivity index (χ1) is 10.1. The van der Waals surface area contributed by atoms with Gasteiger partial charge < -0.3 is 15.2 Å². The van der Waals surface area contributed by atoms with Crippen LogP contribution in [0.1, 0.15) is 15.9 Å². The predicted molar refractivity (Wildman–Crippen MR) is 78.3 cm³/mol. The fourth-order valence-corrected chi connectivity index (χ4v) is 2.07. The second-order valence-corrected chi connectivity index (χ2v) is 4.62. The molecule has 0 spiro atoms. The molecule has 0 fully saturated rings. The number of carbonyl (C=O) groups is 1. The van der Waals surface area contributed by atoms with Crippen molar-refractivity contribution in [2.45, 2.75) is 6.61 Å². The number of aliphatic hydroxyl groups is 1. The largest absolute Gasteiger partial charge is 0.496 e. The summed E-state index contributed by atoms with van der Waals surface area (Å²) in [7, 11) is 1.49. The zero-order valence-electron chi connectivity index (χ0n) is 11.2. The normalized spacial score (nSPS) is 10.3. The van der Waals surface area contributed by atoms with Gasteiger partial charge in [-0.25, -0.2) is 4.39 Å². The van der Waals surface area contributed by atoms with Crippen molar-refractivity contribution >= 4 is 23.2 Å². The number of aliphatic hydroxyl groups excluding tert-OH is 1. The van der Waals surface area contributed by atoms with E-state index in [-0.39, 0.29) is 17.2 Å². The van der Waals surface area contributed by atoms with Crippen LogP contribution < -0.4 is 10.1 Å². The van der Waals surface area contributed by atoms with Crippen LogP contribution in [-0.4, -0.2) is 18.1 Å². The molecule has 21 heavy (non-hydrogen) atoms. The predicted octanol–water partition coefficient (Wildman–Crippen LogP) is 3.23. The highest BCUT2D eigenvalue weighted by Gasteiger charge is 2.14. The Morgan fingerprint density at radius 3 is 2.81 bits per heavy atom. The minimum Gasteiger partial charge on any atom is -0.496 e. The average molecular weight is 310 g/mol. The van der Waals surface area contributed by atoms with Crippen LogP contribution in [0.25, 0.3) is 0 Å². The Balaban J connectivity index is 2.25. The number of amides is 1. The van der Waals surface area contributed by atoms with E-state index in [1.807, 2.05) is 0 Å². The topological polar surface area (TPSA) is 58.6 Å². The Kier molecular flexibility index (Phi) is 4.77. The first-order valence-corrected chi connectivity index (χ1v) is 6.47. The fraction of sp³-hybridized carbons (Fsp3) is 0.133. The molecule has 0 aliphatic heterocycles. The second-order valence-electron chi connectivity index (χ2n) is 4.24. The third-order valence-corrected chi connectivity index (χ3v) is 3.29. The van der Waals surface area contributed by atoms with Gasteiger partial charge in [0.25, 0.3) is 5.91 Å². The Morgan fingerprint density at radius 2 is 2.14 bits per heavy atom. The van der Waals surface area contributed by atoms with E-state index in [1.165, 1.54) is 25.3 Å². The summed E-state index contributed by atoms with van der Waals surface area (Å²) in [5.41, 5.74) is 1.02. The smallest absolute Gasteiger partial charge is 0.257 e. The summed E-state index contributed by atoms with van der Waals surface area (Å²) in [4.78, 5) is 12.1. The van der Waals surface area contributed by atoms with E-state index in [0.717, 1.165) is 0 Å². The second kappa shape index (κ2) is 6.56. The number of rotatable bonds is 4. The lowest BCUT2D eigenvalue weighted by molar-refractivity contribution is 0.102. The molecule has 0 radical (unpaired) electrons. The highest BCUT2D eigenvalue weighted by molar-refractivity contribution is 6.34. The third-order valence-electron chi connectivity index (χ3n) is 2.90. The van der Waals surface area contributed by atoms with Crippen LogP contribution in [0.3, 0.4) is 0 Å². The van der Waals surface area contributed by atoms with Crippen molar-refractivity contribution in [3.63, 3.8) is 0 Å². The van der Waals surface area contributed by atoms with Gasteiger partial charge in [-0.1, -0.05) is 17.7 Å². The Hall–Kier alpha value is -2.11. The van der Waals surface area contributed by atoms with Gasteiger partial charge in [-0.15, -0.1) is 0 Å². The molecule has 0 bridgehead atoms. The quantitative estimate of drug-likeness (QED) is 0.911. The molecule has 0 aliphatic carbocycles. The molecule has 2 aromatic rings. The molecule has 1 amide bonds. The summed E-state index contributed by atoms with van der Waals surface area (Å²) in [5.74, 6) is -0.678. The van der Waals surface area contributed by atoms with Gasteiger partial charge in [-0.2, -0.15) is 0 Å². The van der Waals surface area contributed by atoms with Gasteiger partial charge in [-0.05, 0) is 30.3 Å². The van der Waals surface area contributed by atoms with Crippen molar-refractivity contribution in [2.75, 3.05) is 12.4 Å². The van der Waals surface area contributed by atoms with Gasteiger partial charge in [0.2, 0.25) is 0 Å². The number of methoxy groups -OCH3 is 1. The van der Waals surface area contributed by atoms with Crippen LogP contribution in [0.5, 0.6) is 5.75 Å². The Bertz CT molecular complexity index is 676. The summed E-state index contributed by atoms with van der Waals surface area (Å²) in [6, 6.07) is 8.82. The monoisotopic (exact) mass is 309 g/mol. The summed E-state index contributed by atoms with van der Waals surface area (Å²) >= 11 is 5.76. The lowest BCUT2D eigenvalue weighted by Crippen LogP contribution is -2.13. The molecule has 4 nitrogen and oxygen atoms in total. The molecular weight excluding hydrogens is 297 g/mol. The summed E-state index contributed by atoms with van der Waals surface area (Å²) < 4.78 is 18.4. The third kappa shape index (κ3) is 3.32. The molecule has 0 saturated heterocycles. The Morgan fingerprint density at radius 1 is 1.38 bits per heavy atom. The van der Waals surface area contributed by atoms with Crippen molar-refractivity contribution < 1.29 is 19.0 Å². The molecular formula is C15H13ClFNO3. The first-order valence-electron chi connectivity index (χ1n) is 6.10. The van der Waals surface area contributed by atoms with E-state index >= 15 is 0 Å². The number of carbonyl (C=O) groups excluding carboxylic acids is 1. The Labute approximate surface area is 126 Å². The van der Waals surface area contributed by atoms with E-state index in [2.05, 4.69) is 5.32 Å². The fourth-order valence-electron chi connectivity index (χ4n) is 1.86. The van der Waals surface area contributed by atoms with Crippen molar-refractivity contribution in [1.82, 2.24) is 0 Å². The molecule has 2 rings (SSSR count). The zero-order chi connectivity index (χ0) is 15.4. The van der Waals surface area contributed by atoms with Crippen LogP contribution in [0.4, 0.5) is 10.1 Å². The molecule has 2 aromatic carbocycles. The number of halogens is 2. The average Bonchev–Trinajstić information content (AvgIpc) is 2.49. The summed E-state index contributed by atoms with van der Waals surface area (Å²) in [5, 5.41) is 11.6. The highest BCUT2D eigenvalue weighted by atomic mass is 35.5. The van der Waals surface area contributed by atoms with Crippen LogP contribution in [0, 0.1) is 5.82 Å². The van der Waals surface area contributed by atoms with Gasteiger partial charge in [0.05, 0.1) is 24.3 Å². The lowest BCUT2D eigenvalue weighted by atomic mass is 10.1. The van der Waals surface area contributed by atoms with Crippen LogP contribution >= 0.6 is 11.6 Å². The van der Waals surface area contributed by atoms with Crippen LogP contribution in [0.15, 0.2) is 36.4 Å². The van der Waals surface area contributed by atoms with Gasteiger partial charge in [0.1, 0.15) is 11.6 Å². The molecule has 2 N–H and O–H groups in total. The van der Waals surface area contributed by atoms with Gasteiger partial charge in [0.15, 0.2) is 0 Å². The van der Waals surface area contributed by atoms with E-state index in [1.54, 1.807) is 18.2 Å². The number of ether oxygens (including phenoxy) is 1. The molecule has 0 unspecified atom stereocenters. The van der Waals surface area contributed by atoms with E-state index in [9.17, 15) is 14.3 Å². The number of nitrogens with one attached hydrogen (secondary N) is 1. The molecule has 0 heterocycles. The molecule has 6 heteroatoms. The standard InChI is InChI=1S/C15H13ClFNO3/c1-21-13-6-5-10(7-9(13)8-19)18-15(20)11-3-2-4-12(17)14(11)16/h2-7,19H,8H2,1H3,(H,18,20). The lowest BCUT2D eigenvalue weighted by Gasteiger charge is -2.11. The van der Waals surface area contributed by atoms with Crippen LogP contribution in [-0.2, 0) is 6.61 Å². The van der Waals surface area contributed by atoms with Crippen molar-refractivity contribution in [3.05, 3.63) is 58.4 Å². The maximum Gasteiger partial charge on any atom is 0.257 e. The zero-order valence-corrected chi connectivity index (χ0v) is 11.9. The summed E-state index contributed by atoms with van der Waals surface area (Å²) in [6.45, 7) is -0.229. The van der Waals surface area contributed by atoms with E-state index in [4.69, 9.17) is 16.3 Å². The SMILES string of the molecule is COc1ccc(NC(=O)c2cccc(F)c2Cl)cc1CO. The van der Waals surface area contributed by atoms with Gasteiger partial charge in [0, 0.05) is 11.3 Å². The number of hydrogen-bond donors (Lipinski definition) is 2. The minimum atomic E-state index is -0.657. The maximum absolute atomic E-state index is 13.3. The first kappa shape index (κ1) is 15.3. The minimum absolute atomic E-state index is 0.0398. The summed E-state index contributed by atoms with van der Waals surface area (Å²) in [6.07, 6.45) is 0. The molecule has 0 aliphatic rings. The van der Waals surface area contributed by atoms with Crippen molar-refractivity contribution in [2.24, 2.45) is 0 Å². The number of hydrogen-bond acceptors (Lipinski definition) is 3. The molecule has 0 saturated carbocycles. The van der Waals surface area contributed by atoms with Crippen LogP contribution in [0.2, 0.25) is 5.02 Å². The molecule has 0 aromatic heterocycles. The van der Waals surface area contributed by atoms with Gasteiger partial charge >= 0.3 is 0 Å². The van der Waals surface area contributed by atoms with E-state index in [0.29, 0.717) is 17.0 Å². The number of benzene rings is 2. The number of anilines is 1. The maximum atomic E-state index is 13.3. The highest BCUT2D eigenvalue weighted by Crippen LogP contribution is 2.24.